The standard InChI is InChI=1S/C17H21N3O3S3/c1-5-6-17-19-11(3)15(25-17)9-18-26(21,22)16-8-14(24-12(16)4)13-7-10(2)20-23-13/h7-8,18H,5-6,9H2,1-4H3. The van der Waals surface area contributed by atoms with Gasteiger partial charge in [0.05, 0.1) is 26.2 Å². The summed E-state index contributed by atoms with van der Waals surface area (Å²) in [6.07, 6.45) is 1.94. The van der Waals surface area contributed by atoms with E-state index in [1.807, 2.05) is 13.8 Å². The van der Waals surface area contributed by atoms with Crippen molar-refractivity contribution in [2.45, 2.75) is 52.0 Å². The molecule has 0 aromatic carbocycles. The van der Waals surface area contributed by atoms with E-state index >= 15 is 0 Å². The molecule has 3 heterocycles. The van der Waals surface area contributed by atoms with Gasteiger partial charge in [-0.15, -0.1) is 22.7 Å². The zero-order valence-electron chi connectivity index (χ0n) is 15.1. The highest BCUT2D eigenvalue weighted by Crippen LogP contribution is 2.34. The minimum atomic E-state index is -3.61. The largest absolute Gasteiger partial charge is 0.355 e. The lowest BCUT2D eigenvalue weighted by molar-refractivity contribution is 0.428. The molecule has 0 aliphatic carbocycles. The van der Waals surface area contributed by atoms with Crippen molar-refractivity contribution in [3.05, 3.63) is 38.3 Å². The molecule has 0 aliphatic rings. The van der Waals surface area contributed by atoms with Crippen molar-refractivity contribution in [2.75, 3.05) is 0 Å². The van der Waals surface area contributed by atoms with E-state index in [4.69, 9.17) is 4.52 Å². The van der Waals surface area contributed by atoms with E-state index in [2.05, 4.69) is 21.8 Å². The monoisotopic (exact) mass is 411 g/mol. The Balaban J connectivity index is 1.79. The summed E-state index contributed by atoms with van der Waals surface area (Å²) in [5, 5.41) is 4.91. The van der Waals surface area contributed by atoms with Gasteiger partial charge in [0.15, 0.2) is 5.76 Å². The summed E-state index contributed by atoms with van der Waals surface area (Å²) in [4.78, 5) is 7.21. The van der Waals surface area contributed by atoms with Crippen LogP contribution in [0.25, 0.3) is 10.6 Å². The van der Waals surface area contributed by atoms with Gasteiger partial charge in [-0.05, 0) is 39.7 Å². The predicted molar refractivity (Wildman–Crippen MR) is 104 cm³/mol. The van der Waals surface area contributed by atoms with Gasteiger partial charge < -0.3 is 4.52 Å². The van der Waals surface area contributed by atoms with Crippen LogP contribution in [-0.2, 0) is 23.0 Å². The van der Waals surface area contributed by atoms with Crippen molar-refractivity contribution in [3.63, 3.8) is 0 Å². The number of hydrogen-bond acceptors (Lipinski definition) is 7. The molecule has 0 bridgehead atoms. The Bertz CT molecular complexity index is 1020. The Hall–Kier alpha value is -1.55. The molecule has 0 saturated heterocycles. The predicted octanol–water partition coefficient (Wildman–Crippen LogP) is 4.22. The van der Waals surface area contributed by atoms with Crippen molar-refractivity contribution in [1.29, 1.82) is 0 Å². The molecule has 6 nitrogen and oxygen atoms in total. The van der Waals surface area contributed by atoms with Gasteiger partial charge in [0.25, 0.3) is 0 Å². The van der Waals surface area contributed by atoms with Gasteiger partial charge in [-0.1, -0.05) is 12.1 Å². The zero-order chi connectivity index (χ0) is 18.9. The quantitative estimate of drug-likeness (QED) is 0.629. The van der Waals surface area contributed by atoms with Gasteiger partial charge in [0, 0.05) is 22.4 Å². The van der Waals surface area contributed by atoms with Gasteiger partial charge in [-0.2, -0.15) is 0 Å². The Labute approximate surface area is 161 Å². The average molecular weight is 412 g/mol. The summed E-state index contributed by atoms with van der Waals surface area (Å²) in [6, 6.07) is 3.44. The van der Waals surface area contributed by atoms with E-state index in [1.165, 1.54) is 11.3 Å². The van der Waals surface area contributed by atoms with Crippen molar-refractivity contribution < 1.29 is 12.9 Å². The van der Waals surface area contributed by atoms with Crippen molar-refractivity contribution in [1.82, 2.24) is 14.9 Å². The molecule has 3 rings (SSSR count). The highest BCUT2D eigenvalue weighted by molar-refractivity contribution is 7.89. The second kappa shape index (κ2) is 7.59. The number of aryl methyl sites for hydroxylation is 4. The topological polar surface area (TPSA) is 85.1 Å². The Morgan fingerprint density at radius 3 is 2.62 bits per heavy atom. The van der Waals surface area contributed by atoms with Gasteiger partial charge in [0.2, 0.25) is 10.0 Å². The van der Waals surface area contributed by atoms with Gasteiger partial charge >= 0.3 is 0 Å². The fraction of sp³-hybridized carbons (Fsp3) is 0.412. The lowest BCUT2D eigenvalue weighted by Gasteiger charge is -2.05. The minimum absolute atomic E-state index is 0.252. The van der Waals surface area contributed by atoms with E-state index in [-0.39, 0.29) is 11.4 Å². The number of nitrogens with one attached hydrogen (secondary N) is 1. The van der Waals surface area contributed by atoms with Crippen LogP contribution in [0.15, 0.2) is 21.6 Å². The molecule has 0 aliphatic heterocycles. The number of thiophene rings is 1. The first-order valence-corrected chi connectivity index (χ1v) is 11.4. The van der Waals surface area contributed by atoms with Crippen LogP contribution in [0.5, 0.6) is 0 Å². The molecule has 140 valence electrons. The van der Waals surface area contributed by atoms with E-state index in [0.717, 1.165) is 39.0 Å². The molecule has 0 amide bonds. The number of hydrogen-bond donors (Lipinski definition) is 1. The van der Waals surface area contributed by atoms with E-state index in [1.54, 1.807) is 30.4 Å². The third kappa shape index (κ3) is 4.06. The van der Waals surface area contributed by atoms with Crippen molar-refractivity contribution in [2.24, 2.45) is 0 Å². The van der Waals surface area contributed by atoms with Crippen molar-refractivity contribution in [3.8, 4) is 10.6 Å². The summed E-state index contributed by atoms with van der Waals surface area (Å²) < 4.78 is 33.4. The lowest BCUT2D eigenvalue weighted by Crippen LogP contribution is -2.23. The average Bonchev–Trinajstić information content (AvgIpc) is 3.25. The van der Waals surface area contributed by atoms with E-state index in [9.17, 15) is 8.42 Å². The van der Waals surface area contributed by atoms with Crippen LogP contribution in [0.1, 0.15) is 39.5 Å². The first-order chi connectivity index (χ1) is 12.3. The maximum absolute atomic E-state index is 12.8. The maximum Gasteiger partial charge on any atom is 0.242 e. The number of nitrogens with zero attached hydrogens (tertiary/aromatic N) is 2. The van der Waals surface area contributed by atoms with Gasteiger partial charge in [-0.3, -0.25) is 0 Å². The number of sulfonamides is 1. The molecule has 3 aromatic rings. The highest BCUT2D eigenvalue weighted by Gasteiger charge is 2.22. The first-order valence-electron chi connectivity index (χ1n) is 8.29. The summed E-state index contributed by atoms with van der Waals surface area (Å²) in [6.45, 7) is 7.90. The van der Waals surface area contributed by atoms with Crippen LogP contribution in [0.4, 0.5) is 0 Å². The second-order valence-corrected chi connectivity index (χ2v) is 10.2. The van der Waals surface area contributed by atoms with Gasteiger partial charge in [-0.25, -0.2) is 18.1 Å². The van der Waals surface area contributed by atoms with Crippen LogP contribution < -0.4 is 4.72 Å². The fourth-order valence-corrected chi connectivity index (χ4v) is 6.28. The van der Waals surface area contributed by atoms with Crippen LogP contribution in [0, 0.1) is 20.8 Å². The summed E-state index contributed by atoms with van der Waals surface area (Å²) >= 11 is 2.95. The molecule has 0 saturated carbocycles. The Kier molecular flexibility index (Phi) is 5.61. The molecule has 26 heavy (non-hydrogen) atoms. The Morgan fingerprint density at radius 2 is 1.96 bits per heavy atom. The molecular weight excluding hydrogens is 390 g/mol. The maximum atomic E-state index is 12.8. The molecule has 0 fully saturated rings. The molecule has 9 heteroatoms. The van der Waals surface area contributed by atoms with Crippen LogP contribution in [0.2, 0.25) is 0 Å². The first kappa shape index (κ1) is 19.2. The normalized spacial score (nSPS) is 12.0. The van der Waals surface area contributed by atoms with Crippen LogP contribution >= 0.6 is 22.7 Å². The van der Waals surface area contributed by atoms with Crippen molar-refractivity contribution >= 4 is 32.7 Å². The summed E-state index contributed by atoms with van der Waals surface area (Å²) in [5.74, 6) is 0.583. The summed E-state index contributed by atoms with van der Waals surface area (Å²) in [5.41, 5.74) is 1.65. The third-order valence-corrected chi connectivity index (χ3v) is 7.80. The molecule has 1 N–H and O–H groups in total. The van der Waals surface area contributed by atoms with Gasteiger partial charge in [0.1, 0.15) is 0 Å². The molecule has 0 atom stereocenters. The molecular formula is C17H21N3O3S3. The molecule has 0 spiro atoms. The Morgan fingerprint density at radius 1 is 1.19 bits per heavy atom. The fourth-order valence-electron chi connectivity index (χ4n) is 2.54. The molecule has 0 unspecified atom stereocenters. The SMILES string of the molecule is CCCc1nc(C)c(CNS(=O)(=O)c2cc(-c3cc(C)no3)sc2C)s1. The van der Waals surface area contributed by atoms with E-state index in [0.29, 0.717) is 10.6 Å². The number of rotatable bonds is 7. The zero-order valence-corrected chi connectivity index (χ0v) is 17.6. The smallest absolute Gasteiger partial charge is 0.242 e. The second-order valence-electron chi connectivity index (χ2n) is 6.05. The molecule has 0 radical (unpaired) electrons. The highest BCUT2D eigenvalue weighted by atomic mass is 32.2. The minimum Gasteiger partial charge on any atom is -0.355 e. The number of thiazole rings is 1. The van der Waals surface area contributed by atoms with E-state index < -0.39 is 10.0 Å². The number of aromatic nitrogens is 2. The molecule has 3 aromatic heterocycles. The van der Waals surface area contributed by atoms with Crippen LogP contribution in [-0.4, -0.2) is 18.6 Å². The summed E-state index contributed by atoms with van der Waals surface area (Å²) in [7, 11) is -3.61. The lowest BCUT2D eigenvalue weighted by atomic mass is 10.3. The third-order valence-electron chi connectivity index (χ3n) is 3.86. The van der Waals surface area contributed by atoms with Crippen LogP contribution in [0.3, 0.4) is 0 Å².